The maximum absolute atomic E-state index is 12.1. The van der Waals surface area contributed by atoms with Crippen LogP contribution in [0.4, 0.5) is 5.69 Å². The highest BCUT2D eigenvalue weighted by Gasteiger charge is 2.10. The van der Waals surface area contributed by atoms with Crippen molar-refractivity contribution in [2.75, 3.05) is 5.32 Å². The van der Waals surface area contributed by atoms with E-state index in [1.54, 1.807) is 24.3 Å². The highest BCUT2D eigenvalue weighted by molar-refractivity contribution is 7.80. The number of rotatable bonds is 6. The fraction of sp³-hybridized carbons (Fsp3) is 0.471. The van der Waals surface area contributed by atoms with Crippen molar-refractivity contribution in [1.82, 2.24) is 10.6 Å². The summed E-state index contributed by atoms with van der Waals surface area (Å²) in [7, 11) is 0. The number of hydrogen-bond donors (Lipinski definition) is 3. The van der Waals surface area contributed by atoms with Crippen LogP contribution in [-0.2, 0) is 4.79 Å². The first kappa shape index (κ1) is 19.1. The maximum Gasteiger partial charge on any atom is 0.251 e. The average Bonchev–Trinajstić information content (AvgIpc) is 2.46. The van der Waals surface area contributed by atoms with Crippen LogP contribution in [0.1, 0.15) is 50.9 Å². The molecule has 3 N–H and O–H groups in total. The normalized spacial score (nSPS) is 11.7. The molecule has 2 amide bonds. The smallest absolute Gasteiger partial charge is 0.251 e. The topological polar surface area (TPSA) is 70.2 Å². The van der Waals surface area contributed by atoms with Crippen molar-refractivity contribution in [3.05, 3.63) is 29.8 Å². The molecule has 1 unspecified atom stereocenters. The third kappa shape index (κ3) is 7.23. The summed E-state index contributed by atoms with van der Waals surface area (Å²) in [4.78, 5) is 23.8. The van der Waals surface area contributed by atoms with E-state index in [0.29, 0.717) is 17.7 Å². The lowest BCUT2D eigenvalue weighted by atomic mass is 10.1. The number of anilines is 1. The maximum atomic E-state index is 12.1. The molecular formula is C17H25N3O2S. The van der Waals surface area contributed by atoms with Crippen LogP contribution < -0.4 is 16.0 Å². The second-order valence-corrected chi connectivity index (χ2v) is 6.37. The number of thiocarbonyl (C=S) groups is 1. The first-order valence-electron chi connectivity index (χ1n) is 7.83. The number of carbonyl (C=O) groups excluding carboxylic acids is 2. The number of carbonyl (C=O) groups is 2. The van der Waals surface area contributed by atoms with Crippen molar-refractivity contribution in [3.63, 3.8) is 0 Å². The summed E-state index contributed by atoms with van der Waals surface area (Å²) in [5.74, 6) is 0.0197. The molecule has 0 bridgehead atoms. The van der Waals surface area contributed by atoms with E-state index in [4.69, 9.17) is 12.2 Å². The van der Waals surface area contributed by atoms with Crippen molar-refractivity contribution in [2.45, 2.75) is 46.6 Å². The molecule has 126 valence electrons. The molecule has 1 rings (SSSR count). The van der Waals surface area contributed by atoms with Crippen LogP contribution in [0, 0.1) is 5.92 Å². The summed E-state index contributed by atoms with van der Waals surface area (Å²) >= 11 is 5.12. The summed E-state index contributed by atoms with van der Waals surface area (Å²) in [5, 5.41) is 8.70. The van der Waals surface area contributed by atoms with Crippen LogP contribution in [0.5, 0.6) is 0 Å². The SMILES string of the molecule is CCC(C)NC(=O)c1cccc(NC(=S)NC(=O)CC(C)C)c1. The van der Waals surface area contributed by atoms with Gasteiger partial charge in [-0.2, -0.15) is 0 Å². The quantitative estimate of drug-likeness (QED) is 0.699. The van der Waals surface area contributed by atoms with Crippen LogP contribution in [0.15, 0.2) is 24.3 Å². The van der Waals surface area contributed by atoms with Gasteiger partial charge in [0.05, 0.1) is 0 Å². The van der Waals surface area contributed by atoms with Gasteiger partial charge in [-0.1, -0.05) is 26.8 Å². The van der Waals surface area contributed by atoms with Crippen LogP contribution in [0.3, 0.4) is 0 Å². The molecule has 0 aliphatic carbocycles. The second-order valence-electron chi connectivity index (χ2n) is 5.96. The molecule has 5 nitrogen and oxygen atoms in total. The summed E-state index contributed by atoms with van der Waals surface area (Å²) in [6.45, 7) is 7.91. The Morgan fingerprint density at radius 1 is 1.22 bits per heavy atom. The molecule has 0 fully saturated rings. The third-order valence-corrected chi connectivity index (χ3v) is 3.42. The van der Waals surface area contributed by atoms with Gasteiger partial charge in [-0.05, 0) is 49.7 Å². The van der Waals surface area contributed by atoms with Gasteiger partial charge >= 0.3 is 0 Å². The Morgan fingerprint density at radius 3 is 2.52 bits per heavy atom. The van der Waals surface area contributed by atoms with E-state index in [2.05, 4.69) is 16.0 Å². The molecule has 0 aliphatic rings. The molecule has 0 radical (unpaired) electrons. The molecule has 1 aromatic carbocycles. The van der Waals surface area contributed by atoms with E-state index in [1.165, 1.54) is 0 Å². The molecule has 0 heterocycles. The van der Waals surface area contributed by atoms with Crippen LogP contribution in [0.2, 0.25) is 0 Å². The number of amides is 2. The average molecular weight is 335 g/mol. The fourth-order valence-corrected chi connectivity index (χ4v) is 2.09. The van der Waals surface area contributed by atoms with Gasteiger partial charge in [-0.15, -0.1) is 0 Å². The Balaban J connectivity index is 2.64. The van der Waals surface area contributed by atoms with E-state index >= 15 is 0 Å². The summed E-state index contributed by atoms with van der Waals surface area (Å²) in [5.41, 5.74) is 1.21. The Bertz CT molecular complexity index is 573. The van der Waals surface area contributed by atoms with E-state index < -0.39 is 0 Å². The largest absolute Gasteiger partial charge is 0.350 e. The van der Waals surface area contributed by atoms with Gasteiger partial charge in [-0.3, -0.25) is 9.59 Å². The Hall–Kier alpha value is -1.95. The number of nitrogens with one attached hydrogen (secondary N) is 3. The predicted molar refractivity (Wildman–Crippen MR) is 97.5 cm³/mol. The predicted octanol–water partition coefficient (Wildman–Crippen LogP) is 3.07. The fourth-order valence-electron chi connectivity index (χ4n) is 1.86. The van der Waals surface area contributed by atoms with E-state index in [1.807, 2.05) is 27.7 Å². The molecule has 0 saturated heterocycles. The van der Waals surface area contributed by atoms with Crippen LogP contribution in [-0.4, -0.2) is 23.0 Å². The number of hydrogen-bond acceptors (Lipinski definition) is 3. The van der Waals surface area contributed by atoms with Gasteiger partial charge in [-0.25, -0.2) is 0 Å². The first-order valence-corrected chi connectivity index (χ1v) is 8.24. The third-order valence-electron chi connectivity index (χ3n) is 3.22. The standard InChI is InChI=1S/C17H25N3O2S/c1-5-12(4)18-16(22)13-7-6-8-14(10-13)19-17(23)20-15(21)9-11(2)3/h6-8,10-12H,5,9H2,1-4H3,(H,18,22)(H2,19,20,21,23). The van der Waals surface area contributed by atoms with E-state index in [0.717, 1.165) is 6.42 Å². The van der Waals surface area contributed by atoms with Gasteiger partial charge in [0.25, 0.3) is 5.91 Å². The minimum atomic E-state index is -0.127. The lowest BCUT2D eigenvalue weighted by Crippen LogP contribution is -2.35. The molecule has 23 heavy (non-hydrogen) atoms. The minimum Gasteiger partial charge on any atom is -0.350 e. The van der Waals surface area contributed by atoms with Crippen LogP contribution >= 0.6 is 12.2 Å². The lowest BCUT2D eigenvalue weighted by molar-refractivity contribution is -0.120. The zero-order valence-electron chi connectivity index (χ0n) is 14.1. The van der Waals surface area contributed by atoms with Crippen molar-refractivity contribution in [1.29, 1.82) is 0 Å². The Labute approximate surface area is 143 Å². The highest BCUT2D eigenvalue weighted by Crippen LogP contribution is 2.11. The molecule has 0 aliphatic heterocycles. The lowest BCUT2D eigenvalue weighted by Gasteiger charge is -2.13. The monoisotopic (exact) mass is 335 g/mol. The van der Waals surface area contributed by atoms with Crippen LogP contribution in [0.25, 0.3) is 0 Å². The highest BCUT2D eigenvalue weighted by atomic mass is 32.1. The Morgan fingerprint density at radius 2 is 1.91 bits per heavy atom. The van der Waals surface area contributed by atoms with Gasteiger partial charge in [0.2, 0.25) is 5.91 Å². The van der Waals surface area contributed by atoms with Gasteiger partial charge in [0, 0.05) is 23.7 Å². The summed E-state index contributed by atoms with van der Waals surface area (Å²) in [6, 6.07) is 7.13. The molecule has 0 saturated carbocycles. The molecular weight excluding hydrogens is 310 g/mol. The Kier molecular flexibility index (Phi) is 7.68. The van der Waals surface area contributed by atoms with Crippen molar-refractivity contribution < 1.29 is 9.59 Å². The first-order chi connectivity index (χ1) is 10.8. The molecule has 0 aromatic heterocycles. The summed E-state index contributed by atoms with van der Waals surface area (Å²) < 4.78 is 0. The van der Waals surface area contributed by atoms with Crippen molar-refractivity contribution >= 4 is 34.8 Å². The summed E-state index contributed by atoms with van der Waals surface area (Å²) in [6.07, 6.45) is 1.29. The molecule has 6 heteroatoms. The molecule has 0 spiro atoms. The van der Waals surface area contributed by atoms with Gasteiger partial charge in [0.1, 0.15) is 0 Å². The zero-order chi connectivity index (χ0) is 17.4. The van der Waals surface area contributed by atoms with E-state index in [-0.39, 0.29) is 28.9 Å². The van der Waals surface area contributed by atoms with Crippen molar-refractivity contribution in [3.8, 4) is 0 Å². The molecule has 1 aromatic rings. The minimum absolute atomic E-state index is 0.121. The van der Waals surface area contributed by atoms with E-state index in [9.17, 15) is 9.59 Å². The number of benzene rings is 1. The van der Waals surface area contributed by atoms with Crippen molar-refractivity contribution in [2.24, 2.45) is 5.92 Å². The van der Waals surface area contributed by atoms with Gasteiger partial charge < -0.3 is 16.0 Å². The van der Waals surface area contributed by atoms with Gasteiger partial charge in [0.15, 0.2) is 5.11 Å². The second kappa shape index (κ2) is 9.25. The molecule has 1 atom stereocenters. The zero-order valence-corrected chi connectivity index (χ0v) is 14.9.